The summed E-state index contributed by atoms with van der Waals surface area (Å²) in [6.07, 6.45) is -3.46. The summed E-state index contributed by atoms with van der Waals surface area (Å²) >= 11 is 22.9. The second-order valence-corrected chi connectivity index (χ2v) is 5.27. The van der Waals surface area contributed by atoms with E-state index in [-0.39, 0.29) is 26.8 Å². The fraction of sp³-hybridized carbons (Fsp3) is 0.273. The molecule has 0 spiro atoms. The Balaban J connectivity index is 3.24. The number of rotatable bonds is 4. The number of carbonyl (C=O) groups is 1. The highest BCUT2D eigenvalue weighted by Gasteiger charge is 2.34. The normalized spacial score (nSPS) is 11.4. The van der Waals surface area contributed by atoms with Crippen molar-refractivity contribution in [3.05, 3.63) is 38.6 Å². The number of hydrogen-bond acceptors (Lipinski definition) is 2. The third-order valence-electron chi connectivity index (χ3n) is 2.19. The molecule has 3 nitrogen and oxygen atoms in total. The molecule has 0 radical (unpaired) electrons. The predicted molar refractivity (Wildman–Crippen MR) is 76.4 cm³/mol. The first-order valence-electron chi connectivity index (χ1n) is 5.25. The third kappa shape index (κ3) is 4.64. The molecule has 10 heteroatoms. The summed E-state index contributed by atoms with van der Waals surface area (Å²) in [6, 6.07) is 0. The zero-order valence-electron chi connectivity index (χ0n) is 10.1. The molecule has 0 unspecified atom stereocenters. The number of amides is 1. The maximum atomic E-state index is 12.5. The van der Waals surface area contributed by atoms with Crippen LogP contribution in [0.1, 0.15) is 10.5 Å². The van der Waals surface area contributed by atoms with Gasteiger partial charge in [0.15, 0.2) is 0 Å². The number of nitrogens with zero attached hydrogens (tertiary/aromatic N) is 2. The van der Waals surface area contributed by atoms with Gasteiger partial charge >= 0.3 is 6.18 Å². The molecule has 1 heterocycles. The molecule has 0 aliphatic carbocycles. The SMILES string of the molecule is C=CCN(CC(F)(F)F)C(=O)c1nc(Cl)c(Cl)c(Cl)c1Cl. The van der Waals surface area contributed by atoms with Crippen LogP contribution in [-0.4, -0.2) is 35.1 Å². The van der Waals surface area contributed by atoms with Gasteiger partial charge in [-0.15, -0.1) is 6.58 Å². The summed E-state index contributed by atoms with van der Waals surface area (Å²) in [5, 5.41) is -1.15. The Kier molecular flexibility index (Phi) is 6.16. The van der Waals surface area contributed by atoms with E-state index >= 15 is 0 Å². The number of halogens is 7. The second-order valence-electron chi connectivity index (χ2n) is 3.78. The average molecular weight is 382 g/mol. The quantitative estimate of drug-likeness (QED) is 0.549. The summed E-state index contributed by atoms with van der Waals surface area (Å²) in [4.78, 5) is 16.2. The maximum absolute atomic E-state index is 12.5. The Labute approximate surface area is 138 Å². The van der Waals surface area contributed by atoms with Crippen LogP contribution in [0.2, 0.25) is 20.2 Å². The monoisotopic (exact) mass is 380 g/mol. The first-order chi connectivity index (χ1) is 9.58. The standard InChI is InChI=1S/C11H7Cl4F3N2O/c1-2-3-20(4-11(16,17)18)10(21)8-6(13)5(12)7(14)9(15)19-8/h2H,1,3-4H2. The molecule has 0 aromatic carbocycles. The van der Waals surface area contributed by atoms with Crippen molar-refractivity contribution < 1.29 is 18.0 Å². The fourth-order valence-corrected chi connectivity index (χ4v) is 2.18. The minimum atomic E-state index is -4.59. The van der Waals surface area contributed by atoms with E-state index in [0.717, 1.165) is 6.08 Å². The van der Waals surface area contributed by atoms with Gasteiger partial charge in [0.25, 0.3) is 5.91 Å². The predicted octanol–water partition coefficient (Wildman–Crippen LogP) is 4.89. The van der Waals surface area contributed by atoms with Crippen molar-refractivity contribution in [2.24, 2.45) is 0 Å². The van der Waals surface area contributed by atoms with Crippen LogP contribution in [0.15, 0.2) is 12.7 Å². The summed E-state index contributed by atoms with van der Waals surface area (Å²) in [6.45, 7) is 1.45. The molecule has 0 fully saturated rings. The minimum absolute atomic E-state index is 0.189. The fourth-order valence-electron chi connectivity index (χ4n) is 1.37. The Bertz CT molecular complexity index is 578. The van der Waals surface area contributed by atoms with Gasteiger partial charge < -0.3 is 4.90 Å². The van der Waals surface area contributed by atoms with E-state index in [9.17, 15) is 18.0 Å². The Hall–Kier alpha value is -0.690. The van der Waals surface area contributed by atoms with E-state index < -0.39 is 24.3 Å². The molecule has 0 saturated carbocycles. The molecule has 1 aromatic rings. The van der Waals surface area contributed by atoms with E-state index in [1.54, 1.807) is 0 Å². The van der Waals surface area contributed by atoms with Gasteiger partial charge in [-0.2, -0.15) is 13.2 Å². The van der Waals surface area contributed by atoms with Crippen LogP contribution in [0, 0.1) is 0 Å². The molecular weight excluding hydrogens is 375 g/mol. The highest BCUT2D eigenvalue weighted by atomic mass is 35.5. The Morgan fingerprint density at radius 1 is 1.19 bits per heavy atom. The van der Waals surface area contributed by atoms with Gasteiger partial charge in [-0.3, -0.25) is 4.79 Å². The number of aromatic nitrogens is 1. The lowest BCUT2D eigenvalue weighted by molar-refractivity contribution is -0.139. The number of carbonyl (C=O) groups excluding carboxylic acids is 1. The van der Waals surface area contributed by atoms with E-state index in [2.05, 4.69) is 11.6 Å². The highest BCUT2D eigenvalue weighted by molar-refractivity contribution is 6.52. The van der Waals surface area contributed by atoms with E-state index in [1.807, 2.05) is 0 Å². The van der Waals surface area contributed by atoms with Gasteiger partial charge in [0.1, 0.15) is 17.4 Å². The summed E-state index contributed by atoms with van der Waals surface area (Å²) < 4.78 is 37.4. The molecule has 0 bridgehead atoms. The van der Waals surface area contributed by atoms with Crippen molar-refractivity contribution in [3.63, 3.8) is 0 Å². The van der Waals surface area contributed by atoms with Crippen LogP contribution in [0.25, 0.3) is 0 Å². The van der Waals surface area contributed by atoms with Crippen molar-refractivity contribution in [2.45, 2.75) is 6.18 Å². The zero-order valence-corrected chi connectivity index (χ0v) is 13.2. The maximum Gasteiger partial charge on any atom is 0.406 e. The van der Waals surface area contributed by atoms with Crippen molar-refractivity contribution in [2.75, 3.05) is 13.1 Å². The lowest BCUT2D eigenvalue weighted by Crippen LogP contribution is -2.39. The molecule has 0 N–H and O–H groups in total. The Morgan fingerprint density at radius 2 is 1.76 bits per heavy atom. The second kappa shape index (κ2) is 7.05. The van der Waals surface area contributed by atoms with Crippen molar-refractivity contribution in [1.29, 1.82) is 0 Å². The molecule has 0 aliphatic heterocycles. The molecule has 21 heavy (non-hydrogen) atoms. The lowest BCUT2D eigenvalue weighted by atomic mass is 10.3. The van der Waals surface area contributed by atoms with Gasteiger partial charge in [0.05, 0.1) is 15.1 Å². The summed E-state index contributed by atoms with van der Waals surface area (Å²) in [7, 11) is 0. The topological polar surface area (TPSA) is 33.2 Å². The van der Waals surface area contributed by atoms with Crippen molar-refractivity contribution >= 4 is 52.3 Å². The molecule has 1 amide bonds. The van der Waals surface area contributed by atoms with Gasteiger partial charge in [0, 0.05) is 6.54 Å². The number of hydrogen-bond donors (Lipinski definition) is 0. The summed E-state index contributed by atoms with van der Waals surface area (Å²) in [5.41, 5.74) is -0.512. The molecule has 0 atom stereocenters. The first-order valence-corrected chi connectivity index (χ1v) is 6.76. The van der Waals surface area contributed by atoms with Gasteiger partial charge in [-0.1, -0.05) is 52.5 Å². The average Bonchev–Trinajstić information content (AvgIpc) is 2.38. The van der Waals surface area contributed by atoms with Gasteiger partial charge in [0.2, 0.25) is 0 Å². The highest BCUT2D eigenvalue weighted by Crippen LogP contribution is 2.36. The van der Waals surface area contributed by atoms with Crippen LogP contribution in [-0.2, 0) is 0 Å². The largest absolute Gasteiger partial charge is 0.406 e. The van der Waals surface area contributed by atoms with Crippen LogP contribution in [0.3, 0.4) is 0 Å². The number of pyridine rings is 1. The third-order valence-corrected chi connectivity index (χ3v) is 3.87. The van der Waals surface area contributed by atoms with Crippen LogP contribution < -0.4 is 0 Å². The van der Waals surface area contributed by atoms with Crippen LogP contribution in [0.5, 0.6) is 0 Å². The molecular formula is C11H7Cl4F3N2O. The minimum Gasteiger partial charge on any atom is -0.324 e. The van der Waals surface area contributed by atoms with E-state index in [1.165, 1.54) is 0 Å². The van der Waals surface area contributed by atoms with Gasteiger partial charge in [-0.05, 0) is 0 Å². The van der Waals surface area contributed by atoms with Crippen molar-refractivity contribution in [3.8, 4) is 0 Å². The van der Waals surface area contributed by atoms with E-state index in [0.29, 0.717) is 4.90 Å². The molecule has 1 aromatic heterocycles. The lowest BCUT2D eigenvalue weighted by Gasteiger charge is -2.22. The zero-order chi connectivity index (χ0) is 16.4. The van der Waals surface area contributed by atoms with Crippen LogP contribution >= 0.6 is 46.4 Å². The molecule has 0 saturated heterocycles. The molecule has 0 aliphatic rings. The van der Waals surface area contributed by atoms with Crippen molar-refractivity contribution in [1.82, 2.24) is 9.88 Å². The van der Waals surface area contributed by atoms with E-state index in [4.69, 9.17) is 46.4 Å². The van der Waals surface area contributed by atoms with Gasteiger partial charge in [-0.25, -0.2) is 4.98 Å². The smallest absolute Gasteiger partial charge is 0.324 e. The first kappa shape index (κ1) is 18.4. The van der Waals surface area contributed by atoms with Crippen LogP contribution in [0.4, 0.5) is 13.2 Å². The number of alkyl halides is 3. The molecule has 1 rings (SSSR count). The molecule has 116 valence electrons. The summed E-state index contributed by atoms with van der Waals surface area (Å²) in [5.74, 6) is -1.09. The Morgan fingerprint density at radius 3 is 2.24 bits per heavy atom.